The number of nitrogens with one attached hydrogen (secondary N) is 1. The Morgan fingerprint density at radius 3 is 2.87 bits per heavy atom. The number of methoxy groups -OCH3 is 1. The molecule has 1 heterocycles. The summed E-state index contributed by atoms with van der Waals surface area (Å²) in [6, 6.07) is 7.41. The molecule has 124 valence electrons. The fraction of sp³-hybridized carbons (Fsp3) is 0.438. The summed E-state index contributed by atoms with van der Waals surface area (Å²) in [4.78, 5) is 14.0. The van der Waals surface area contributed by atoms with Crippen LogP contribution in [-0.4, -0.2) is 39.9 Å². The lowest BCUT2D eigenvalue weighted by molar-refractivity contribution is 0.192. The van der Waals surface area contributed by atoms with E-state index >= 15 is 0 Å². The molecule has 1 N–H and O–H groups in total. The number of amides is 2. The molecule has 0 spiro atoms. The van der Waals surface area contributed by atoms with Gasteiger partial charge < -0.3 is 19.5 Å². The van der Waals surface area contributed by atoms with Gasteiger partial charge in [0.15, 0.2) is 5.82 Å². The van der Waals surface area contributed by atoms with Crippen LogP contribution in [0.25, 0.3) is 0 Å². The Labute approximate surface area is 136 Å². The van der Waals surface area contributed by atoms with Crippen LogP contribution in [0.2, 0.25) is 0 Å². The topological polar surface area (TPSA) is 72.3 Å². The van der Waals surface area contributed by atoms with Crippen molar-refractivity contribution < 1.29 is 9.53 Å². The van der Waals surface area contributed by atoms with Gasteiger partial charge in [0.05, 0.1) is 19.7 Å². The molecule has 1 atom stereocenters. The number of para-hydroxylation sites is 1. The summed E-state index contributed by atoms with van der Waals surface area (Å²) in [5, 5.41) is 10.7. The number of hydrogen-bond donors (Lipinski definition) is 1. The molecule has 1 unspecified atom stereocenters. The van der Waals surface area contributed by atoms with Crippen LogP contribution in [0.15, 0.2) is 30.6 Å². The van der Waals surface area contributed by atoms with Crippen LogP contribution >= 0.6 is 0 Å². The monoisotopic (exact) mass is 317 g/mol. The van der Waals surface area contributed by atoms with Crippen LogP contribution in [0.1, 0.15) is 31.3 Å². The fourth-order valence-electron chi connectivity index (χ4n) is 2.36. The van der Waals surface area contributed by atoms with Gasteiger partial charge in [0.25, 0.3) is 0 Å². The Kier molecular flexibility index (Phi) is 5.56. The molecule has 2 amide bonds. The molecule has 23 heavy (non-hydrogen) atoms. The van der Waals surface area contributed by atoms with Crippen LogP contribution < -0.4 is 10.1 Å². The molecule has 0 bridgehead atoms. The minimum Gasteiger partial charge on any atom is -0.496 e. The van der Waals surface area contributed by atoms with Gasteiger partial charge in [-0.05, 0) is 19.9 Å². The van der Waals surface area contributed by atoms with Crippen molar-refractivity contribution in [1.82, 2.24) is 25.0 Å². The van der Waals surface area contributed by atoms with Gasteiger partial charge in [0, 0.05) is 19.2 Å². The van der Waals surface area contributed by atoms with E-state index in [0.29, 0.717) is 6.54 Å². The highest BCUT2D eigenvalue weighted by atomic mass is 16.5. The van der Waals surface area contributed by atoms with E-state index in [2.05, 4.69) is 15.5 Å². The second-order valence-electron chi connectivity index (χ2n) is 5.22. The van der Waals surface area contributed by atoms with Crippen molar-refractivity contribution in [3.05, 3.63) is 42.0 Å². The molecule has 0 radical (unpaired) electrons. The van der Waals surface area contributed by atoms with Gasteiger partial charge in [0.2, 0.25) is 0 Å². The van der Waals surface area contributed by atoms with Gasteiger partial charge in [0.1, 0.15) is 12.1 Å². The van der Waals surface area contributed by atoms with Crippen molar-refractivity contribution in [1.29, 1.82) is 0 Å². The van der Waals surface area contributed by atoms with Gasteiger partial charge in [-0.3, -0.25) is 0 Å². The summed E-state index contributed by atoms with van der Waals surface area (Å²) < 4.78 is 7.26. The Bertz CT molecular complexity index is 655. The SMILES string of the molecule is CCn1cnnc1CNC(=O)N(C)C(C)c1ccccc1OC. The third kappa shape index (κ3) is 3.80. The number of aromatic nitrogens is 3. The molecule has 0 aliphatic rings. The van der Waals surface area contributed by atoms with Gasteiger partial charge in [-0.1, -0.05) is 18.2 Å². The maximum atomic E-state index is 12.4. The summed E-state index contributed by atoms with van der Waals surface area (Å²) in [7, 11) is 3.39. The van der Waals surface area contributed by atoms with E-state index in [4.69, 9.17) is 4.74 Å². The summed E-state index contributed by atoms with van der Waals surface area (Å²) in [6.45, 7) is 5.08. The summed E-state index contributed by atoms with van der Waals surface area (Å²) in [5.41, 5.74) is 0.962. The van der Waals surface area contributed by atoms with E-state index in [9.17, 15) is 4.79 Å². The molecular weight excluding hydrogens is 294 g/mol. The van der Waals surface area contributed by atoms with Crippen molar-refractivity contribution in [2.24, 2.45) is 0 Å². The number of benzene rings is 1. The standard InChI is InChI=1S/C16H23N5O2/c1-5-21-11-18-19-15(21)10-17-16(22)20(3)12(2)13-8-6-7-9-14(13)23-4/h6-9,11-12H,5,10H2,1-4H3,(H,17,22). The summed E-state index contributed by atoms with van der Waals surface area (Å²) >= 11 is 0. The largest absolute Gasteiger partial charge is 0.496 e. The molecule has 0 saturated carbocycles. The van der Waals surface area contributed by atoms with E-state index in [-0.39, 0.29) is 12.1 Å². The maximum Gasteiger partial charge on any atom is 0.318 e. The number of aryl methyl sites for hydroxylation is 1. The first kappa shape index (κ1) is 16.8. The highest BCUT2D eigenvalue weighted by molar-refractivity contribution is 5.74. The lowest BCUT2D eigenvalue weighted by atomic mass is 10.1. The van der Waals surface area contributed by atoms with Crippen molar-refractivity contribution >= 4 is 6.03 Å². The third-order valence-corrected chi connectivity index (χ3v) is 3.92. The van der Waals surface area contributed by atoms with Crippen molar-refractivity contribution in [2.75, 3.05) is 14.2 Å². The summed E-state index contributed by atoms with van der Waals surface area (Å²) in [6.07, 6.45) is 1.66. The number of rotatable bonds is 6. The van der Waals surface area contributed by atoms with Crippen LogP contribution in [0, 0.1) is 0 Å². The first-order chi connectivity index (χ1) is 11.1. The predicted molar refractivity (Wildman–Crippen MR) is 87.1 cm³/mol. The van der Waals surface area contributed by atoms with Crippen LogP contribution in [0.3, 0.4) is 0 Å². The fourth-order valence-corrected chi connectivity index (χ4v) is 2.36. The lowest BCUT2D eigenvalue weighted by Crippen LogP contribution is -2.39. The van der Waals surface area contributed by atoms with E-state index in [1.807, 2.05) is 42.7 Å². The van der Waals surface area contributed by atoms with Gasteiger partial charge in [-0.25, -0.2) is 4.79 Å². The predicted octanol–water partition coefficient (Wildman–Crippen LogP) is 2.21. The number of hydrogen-bond acceptors (Lipinski definition) is 4. The zero-order valence-corrected chi connectivity index (χ0v) is 14.0. The Hall–Kier alpha value is -2.57. The number of nitrogens with zero attached hydrogens (tertiary/aromatic N) is 4. The van der Waals surface area contributed by atoms with E-state index in [0.717, 1.165) is 23.7 Å². The molecule has 0 saturated heterocycles. The zero-order chi connectivity index (χ0) is 16.8. The van der Waals surface area contributed by atoms with Gasteiger partial charge in [-0.15, -0.1) is 10.2 Å². The van der Waals surface area contributed by atoms with E-state index in [1.54, 1.807) is 25.4 Å². The average molecular weight is 317 g/mol. The van der Waals surface area contributed by atoms with Crippen molar-refractivity contribution in [3.63, 3.8) is 0 Å². The first-order valence-corrected chi connectivity index (χ1v) is 7.58. The van der Waals surface area contributed by atoms with Gasteiger partial charge >= 0.3 is 6.03 Å². The highest BCUT2D eigenvalue weighted by Crippen LogP contribution is 2.27. The molecule has 0 fully saturated rings. The van der Waals surface area contributed by atoms with E-state index < -0.39 is 0 Å². The molecule has 2 aromatic rings. The van der Waals surface area contributed by atoms with E-state index in [1.165, 1.54) is 0 Å². The molecule has 1 aromatic heterocycles. The van der Waals surface area contributed by atoms with Crippen LogP contribution in [-0.2, 0) is 13.1 Å². The second-order valence-corrected chi connectivity index (χ2v) is 5.22. The molecule has 0 aliphatic heterocycles. The minimum atomic E-state index is -0.172. The number of carbonyl (C=O) groups is 1. The number of ether oxygens (including phenoxy) is 1. The second kappa shape index (κ2) is 7.62. The van der Waals surface area contributed by atoms with Gasteiger partial charge in [-0.2, -0.15) is 0 Å². The smallest absolute Gasteiger partial charge is 0.318 e. The Balaban J connectivity index is 2.01. The summed E-state index contributed by atoms with van der Waals surface area (Å²) in [5.74, 6) is 1.50. The average Bonchev–Trinajstić information content (AvgIpc) is 3.05. The maximum absolute atomic E-state index is 12.4. The Morgan fingerprint density at radius 2 is 2.17 bits per heavy atom. The first-order valence-electron chi connectivity index (χ1n) is 7.58. The minimum absolute atomic E-state index is 0.116. The normalized spacial score (nSPS) is 11.8. The molecule has 2 rings (SSSR count). The van der Waals surface area contributed by atoms with Crippen molar-refractivity contribution in [3.8, 4) is 5.75 Å². The highest BCUT2D eigenvalue weighted by Gasteiger charge is 2.20. The number of carbonyl (C=O) groups excluding carboxylic acids is 1. The molecule has 7 heteroatoms. The third-order valence-electron chi connectivity index (χ3n) is 3.92. The Morgan fingerprint density at radius 1 is 1.43 bits per heavy atom. The quantitative estimate of drug-likeness (QED) is 0.886. The molecule has 0 aliphatic carbocycles. The molecular formula is C16H23N5O2. The van der Waals surface area contributed by atoms with Crippen LogP contribution in [0.5, 0.6) is 5.75 Å². The van der Waals surface area contributed by atoms with Crippen molar-refractivity contribution in [2.45, 2.75) is 33.0 Å². The zero-order valence-electron chi connectivity index (χ0n) is 14.0. The molecule has 7 nitrogen and oxygen atoms in total. The lowest BCUT2D eigenvalue weighted by Gasteiger charge is -2.26. The van der Waals surface area contributed by atoms with Crippen LogP contribution in [0.4, 0.5) is 4.79 Å². The molecule has 1 aromatic carbocycles. The number of urea groups is 1.